The summed E-state index contributed by atoms with van der Waals surface area (Å²) >= 11 is 6.32. The molecule has 4 aromatic rings. The topological polar surface area (TPSA) is 29.3 Å². The highest BCUT2D eigenvalue weighted by molar-refractivity contribution is 6.33. The van der Waals surface area contributed by atoms with E-state index in [-0.39, 0.29) is 0 Å². The molecule has 4 heteroatoms. The second kappa shape index (κ2) is 7.02. The zero-order valence-electron chi connectivity index (χ0n) is 15.0. The van der Waals surface area contributed by atoms with Crippen molar-refractivity contribution in [2.75, 3.05) is 4.90 Å². The molecule has 1 aromatic heterocycles. The van der Waals surface area contributed by atoms with E-state index in [4.69, 9.17) is 16.1 Å². The summed E-state index contributed by atoms with van der Waals surface area (Å²) in [5.41, 5.74) is 6.24. The summed E-state index contributed by atoms with van der Waals surface area (Å²) < 4.78 is 5.68. The van der Waals surface area contributed by atoms with Crippen LogP contribution < -0.4 is 4.90 Å². The highest BCUT2D eigenvalue weighted by atomic mass is 35.5. The van der Waals surface area contributed by atoms with E-state index >= 15 is 0 Å². The Bertz CT molecular complexity index is 1130. The average Bonchev–Trinajstić information content (AvgIpc) is 3.13. The van der Waals surface area contributed by atoms with Crippen LogP contribution in [0.4, 0.5) is 11.4 Å². The normalized spacial score (nSPS) is 12.4. The summed E-state index contributed by atoms with van der Waals surface area (Å²) in [6, 6.07) is 26.4. The number of aromatic nitrogens is 1. The van der Waals surface area contributed by atoms with Crippen LogP contribution in [0.5, 0.6) is 0 Å². The van der Waals surface area contributed by atoms with Crippen molar-refractivity contribution in [3.63, 3.8) is 0 Å². The number of fused-ring (bicyclic) bond motifs is 2. The first-order valence-electron chi connectivity index (χ1n) is 9.14. The Kier molecular flexibility index (Phi) is 4.22. The minimum absolute atomic E-state index is 0.577. The molecule has 0 fully saturated rings. The van der Waals surface area contributed by atoms with E-state index in [9.17, 15) is 0 Å². The Hall–Kier alpha value is -3.30. The fourth-order valence-corrected chi connectivity index (χ4v) is 3.80. The van der Waals surface area contributed by atoms with Gasteiger partial charge in [-0.05, 0) is 29.3 Å². The molecular formula is C24H17ClN2O. The van der Waals surface area contributed by atoms with Crippen LogP contribution in [0.2, 0.25) is 5.02 Å². The molecule has 0 saturated heterocycles. The van der Waals surface area contributed by atoms with Crippen molar-refractivity contribution in [2.24, 2.45) is 0 Å². The van der Waals surface area contributed by atoms with E-state index in [1.165, 1.54) is 11.1 Å². The molecule has 1 aliphatic heterocycles. The molecule has 0 amide bonds. The number of hydrogen-bond acceptors (Lipinski definition) is 3. The smallest absolute Gasteiger partial charge is 0.157 e. The Balaban J connectivity index is 1.55. The third-order valence-corrected chi connectivity index (χ3v) is 5.25. The van der Waals surface area contributed by atoms with Gasteiger partial charge in [0.1, 0.15) is 5.69 Å². The van der Waals surface area contributed by atoms with E-state index in [2.05, 4.69) is 70.7 Å². The average molecular weight is 385 g/mol. The summed E-state index contributed by atoms with van der Waals surface area (Å²) in [4.78, 5) is 2.27. The minimum atomic E-state index is 0.577. The van der Waals surface area contributed by atoms with Gasteiger partial charge >= 0.3 is 0 Å². The lowest BCUT2D eigenvalue weighted by atomic mass is 10.1. The molecule has 0 radical (unpaired) electrons. The SMILES string of the molecule is Clc1ccccc1-c1cc(CN2c3ccccc3C=Cc3ccccc32)on1. The van der Waals surface area contributed by atoms with Gasteiger partial charge in [-0.2, -0.15) is 0 Å². The highest BCUT2D eigenvalue weighted by Crippen LogP contribution is 2.37. The predicted molar refractivity (Wildman–Crippen MR) is 115 cm³/mol. The fraction of sp³-hybridized carbons (Fsp3) is 0.0417. The number of halogens is 1. The van der Waals surface area contributed by atoms with Crippen molar-refractivity contribution in [2.45, 2.75) is 6.54 Å². The van der Waals surface area contributed by atoms with Crippen LogP contribution in [0.1, 0.15) is 16.9 Å². The molecule has 0 atom stereocenters. The molecule has 2 heterocycles. The van der Waals surface area contributed by atoms with Crippen LogP contribution in [-0.4, -0.2) is 5.16 Å². The van der Waals surface area contributed by atoms with Crippen LogP contribution in [0.3, 0.4) is 0 Å². The van der Waals surface area contributed by atoms with E-state index in [1.807, 2.05) is 30.3 Å². The van der Waals surface area contributed by atoms with Crippen LogP contribution in [0.25, 0.3) is 23.4 Å². The number of nitrogens with zero attached hydrogens (tertiary/aromatic N) is 2. The molecule has 3 aromatic carbocycles. The third kappa shape index (κ3) is 3.00. The molecule has 0 spiro atoms. The summed E-state index contributed by atoms with van der Waals surface area (Å²) in [6.45, 7) is 0.577. The monoisotopic (exact) mass is 384 g/mol. The molecule has 0 bridgehead atoms. The van der Waals surface area contributed by atoms with Gasteiger partial charge in [-0.15, -0.1) is 0 Å². The summed E-state index contributed by atoms with van der Waals surface area (Å²) in [5, 5.41) is 4.91. The van der Waals surface area contributed by atoms with Crippen LogP contribution >= 0.6 is 11.6 Å². The first kappa shape index (κ1) is 16.8. The lowest BCUT2D eigenvalue weighted by Crippen LogP contribution is -2.17. The van der Waals surface area contributed by atoms with Crippen molar-refractivity contribution in [3.8, 4) is 11.3 Å². The highest BCUT2D eigenvalue weighted by Gasteiger charge is 2.20. The number of rotatable bonds is 3. The van der Waals surface area contributed by atoms with E-state index in [0.29, 0.717) is 11.6 Å². The second-order valence-corrected chi connectivity index (χ2v) is 7.10. The molecule has 5 rings (SSSR count). The molecule has 3 nitrogen and oxygen atoms in total. The van der Waals surface area contributed by atoms with Gasteiger partial charge < -0.3 is 9.42 Å². The van der Waals surface area contributed by atoms with Gasteiger partial charge in [-0.25, -0.2) is 0 Å². The minimum Gasteiger partial charge on any atom is -0.359 e. The molecule has 136 valence electrons. The van der Waals surface area contributed by atoms with Crippen LogP contribution in [0, 0.1) is 0 Å². The maximum absolute atomic E-state index is 6.32. The van der Waals surface area contributed by atoms with Crippen molar-refractivity contribution < 1.29 is 4.52 Å². The molecule has 28 heavy (non-hydrogen) atoms. The standard InChI is InChI=1S/C24H17ClN2O/c25-21-10-4-3-9-20(21)22-15-19(28-26-22)16-27-23-11-5-1-7-17(23)13-14-18-8-2-6-12-24(18)27/h1-15H,16H2. The van der Waals surface area contributed by atoms with Gasteiger partial charge in [0.25, 0.3) is 0 Å². The van der Waals surface area contributed by atoms with Crippen LogP contribution in [0.15, 0.2) is 83.4 Å². The van der Waals surface area contributed by atoms with Gasteiger partial charge in [0.05, 0.1) is 11.6 Å². The number of benzene rings is 3. The van der Waals surface area contributed by atoms with Crippen molar-refractivity contribution >= 4 is 35.1 Å². The molecular weight excluding hydrogens is 368 g/mol. The zero-order valence-corrected chi connectivity index (χ0v) is 15.8. The largest absolute Gasteiger partial charge is 0.359 e. The Morgan fingerprint density at radius 1 is 0.786 bits per heavy atom. The summed E-state index contributed by atoms with van der Waals surface area (Å²) in [5.74, 6) is 0.779. The lowest BCUT2D eigenvalue weighted by molar-refractivity contribution is 0.386. The van der Waals surface area contributed by atoms with Crippen molar-refractivity contribution in [1.82, 2.24) is 5.16 Å². The number of hydrogen-bond donors (Lipinski definition) is 0. The van der Waals surface area contributed by atoms with Gasteiger partial charge in [0.15, 0.2) is 5.76 Å². The van der Waals surface area contributed by atoms with E-state index in [0.717, 1.165) is 28.4 Å². The summed E-state index contributed by atoms with van der Waals surface area (Å²) in [7, 11) is 0. The van der Waals surface area contributed by atoms with E-state index < -0.39 is 0 Å². The third-order valence-electron chi connectivity index (χ3n) is 4.92. The van der Waals surface area contributed by atoms with Gasteiger partial charge in [-0.3, -0.25) is 0 Å². The first-order chi connectivity index (χ1) is 13.8. The quantitative estimate of drug-likeness (QED) is 0.388. The lowest BCUT2D eigenvalue weighted by Gasteiger charge is -2.25. The molecule has 0 N–H and O–H groups in total. The van der Waals surface area contributed by atoms with Crippen molar-refractivity contribution in [1.29, 1.82) is 0 Å². The second-order valence-electron chi connectivity index (χ2n) is 6.70. The maximum Gasteiger partial charge on any atom is 0.157 e. The van der Waals surface area contributed by atoms with Gasteiger partial charge in [0.2, 0.25) is 0 Å². The van der Waals surface area contributed by atoms with Crippen LogP contribution in [-0.2, 0) is 6.54 Å². The first-order valence-corrected chi connectivity index (χ1v) is 9.51. The van der Waals surface area contributed by atoms with Crippen molar-refractivity contribution in [3.05, 3.63) is 101 Å². The molecule has 0 saturated carbocycles. The molecule has 0 aliphatic carbocycles. The molecule has 1 aliphatic rings. The van der Waals surface area contributed by atoms with Gasteiger partial charge in [-0.1, -0.05) is 83.5 Å². The summed E-state index contributed by atoms with van der Waals surface area (Å²) in [6.07, 6.45) is 4.31. The predicted octanol–water partition coefficient (Wildman–Crippen LogP) is 6.82. The fourth-order valence-electron chi connectivity index (χ4n) is 3.57. The Labute approximate surface area is 168 Å². The zero-order chi connectivity index (χ0) is 18.9. The number of para-hydroxylation sites is 2. The Morgan fingerprint density at radius 2 is 1.39 bits per heavy atom. The maximum atomic E-state index is 6.32. The Morgan fingerprint density at radius 3 is 2.07 bits per heavy atom. The number of anilines is 2. The van der Waals surface area contributed by atoms with Gasteiger partial charge in [0, 0.05) is 23.0 Å². The van der Waals surface area contributed by atoms with E-state index in [1.54, 1.807) is 0 Å². The molecule has 0 unspecified atom stereocenters.